The van der Waals surface area contributed by atoms with E-state index < -0.39 is 0 Å². The molecule has 2 rings (SSSR count). The van der Waals surface area contributed by atoms with Gasteiger partial charge < -0.3 is 5.32 Å². The average molecular weight is 197 g/mol. The Morgan fingerprint density at radius 3 is 3.15 bits per heavy atom. The van der Waals surface area contributed by atoms with Gasteiger partial charge in [-0.3, -0.25) is 0 Å². The zero-order chi connectivity index (χ0) is 9.26. The Morgan fingerprint density at radius 1 is 1.62 bits per heavy atom. The maximum absolute atomic E-state index is 5.91. The average Bonchev–Trinajstić information content (AvgIpc) is 2.49. The van der Waals surface area contributed by atoms with E-state index >= 15 is 0 Å². The summed E-state index contributed by atoms with van der Waals surface area (Å²) in [5.41, 5.74) is 1.71. The van der Waals surface area contributed by atoms with Gasteiger partial charge in [-0.05, 0) is 13.1 Å². The number of hydrogen-bond acceptors (Lipinski definition) is 3. The van der Waals surface area contributed by atoms with Gasteiger partial charge in [0, 0.05) is 18.8 Å². The fraction of sp³-hybridized carbons (Fsp3) is 0.250. The van der Waals surface area contributed by atoms with E-state index in [0.717, 1.165) is 17.9 Å². The second-order valence-electron chi connectivity index (χ2n) is 2.70. The van der Waals surface area contributed by atoms with Gasteiger partial charge in [-0.1, -0.05) is 11.6 Å². The largest absolute Gasteiger partial charge is 0.314 e. The number of nitrogens with zero attached hydrogens (tertiary/aromatic N) is 3. The van der Waals surface area contributed by atoms with Crippen molar-refractivity contribution in [3.8, 4) is 0 Å². The number of rotatable bonds is 2. The minimum Gasteiger partial charge on any atom is -0.314 e. The summed E-state index contributed by atoms with van der Waals surface area (Å²) < 4.78 is 1.62. The highest BCUT2D eigenvalue weighted by Gasteiger charge is 2.03. The minimum absolute atomic E-state index is 0.576. The molecule has 0 saturated heterocycles. The van der Waals surface area contributed by atoms with Crippen LogP contribution in [-0.2, 0) is 6.54 Å². The third-order valence-electron chi connectivity index (χ3n) is 1.72. The van der Waals surface area contributed by atoms with Crippen LogP contribution in [0.2, 0.25) is 5.15 Å². The fourth-order valence-electron chi connectivity index (χ4n) is 1.18. The van der Waals surface area contributed by atoms with Crippen LogP contribution in [0.4, 0.5) is 0 Å². The highest BCUT2D eigenvalue weighted by Crippen LogP contribution is 2.10. The second kappa shape index (κ2) is 3.32. The lowest BCUT2D eigenvalue weighted by molar-refractivity contribution is 0.769. The molecule has 0 atom stereocenters. The molecule has 0 aromatic carbocycles. The van der Waals surface area contributed by atoms with Crippen molar-refractivity contribution in [1.29, 1.82) is 0 Å². The molecule has 13 heavy (non-hydrogen) atoms. The topological polar surface area (TPSA) is 42.2 Å². The molecule has 0 saturated carbocycles. The number of nitrogens with one attached hydrogen (secondary N) is 1. The van der Waals surface area contributed by atoms with Crippen LogP contribution in [0.15, 0.2) is 18.3 Å². The Hall–Kier alpha value is -1.13. The third kappa shape index (κ3) is 1.50. The lowest BCUT2D eigenvalue weighted by Gasteiger charge is -1.93. The predicted octanol–water partition coefficient (Wildman–Crippen LogP) is 1.10. The first-order valence-electron chi connectivity index (χ1n) is 3.95. The van der Waals surface area contributed by atoms with E-state index in [4.69, 9.17) is 11.6 Å². The molecule has 0 aliphatic heterocycles. The lowest BCUT2D eigenvalue weighted by Crippen LogP contribution is -2.05. The predicted molar refractivity (Wildman–Crippen MR) is 50.8 cm³/mol. The Morgan fingerprint density at radius 2 is 2.46 bits per heavy atom. The van der Waals surface area contributed by atoms with Crippen LogP contribution in [0.3, 0.4) is 0 Å². The number of fused-ring (bicyclic) bond motifs is 1. The van der Waals surface area contributed by atoms with Gasteiger partial charge >= 0.3 is 0 Å². The molecule has 68 valence electrons. The van der Waals surface area contributed by atoms with Gasteiger partial charge in [0.15, 0.2) is 5.65 Å². The van der Waals surface area contributed by atoms with Gasteiger partial charge in [-0.15, -0.1) is 0 Å². The molecule has 2 heterocycles. The monoisotopic (exact) mass is 196 g/mol. The van der Waals surface area contributed by atoms with E-state index in [1.165, 1.54) is 0 Å². The van der Waals surface area contributed by atoms with E-state index in [1.807, 2.05) is 13.1 Å². The molecule has 2 aromatic rings. The summed E-state index contributed by atoms with van der Waals surface area (Å²) in [5, 5.41) is 7.86. The fourth-order valence-corrected chi connectivity index (χ4v) is 1.36. The van der Waals surface area contributed by atoms with Gasteiger partial charge in [0.05, 0.1) is 5.69 Å². The molecule has 0 aliphatic carbocycles. The van der Waals surface area contributed by atoms with Gasteiger partial charge in [0.1, 0.15) is 5.15 Å². The normalized spacial score (nSPS) is 10.9. The van der Waals surface area contributed by atoms with Crippen LogP contribution in [-0.4, -0.2) is 21.6 Å². The van der Waals surface area contributed by atoms with Gasteiger partial charge in [-0.25, -0.2) is 9.50 Å². The maximum atomic E-state index is 5.91. The lowest BCUT2D eigenvalue weighted by atomic mass is 10.4. The van der Waals surface area contributed by atoms with Crippen LogP contribution < -0.4 is 5.32 Å². The first-order chi connectivity index (χ1) is 6.31. The van der Waals surface area contributed by atoms with Crippen molar-refractivity contribution in [1.82, 2.24) is 19.9 Å². The van der Waals surface area contributed by atoms with E-state index in [9.17, 15) is 0 Å². The molecule has 0 bridgehead atoms. The summed E-state index contributed by atoms with van der Waals surface area (Å²) in [4.78, 5) is 4.13. The molecule has 0 unspecified atom stereocenters. The first-order valence-corrected chi connectivity index (χ1v) is 4.33. The van der Waals surface area contributed by atoms with Crippen molar-refractivity contribution < 1.29 is 0 Å². The minimum atomic E-state index is 0.576. The van der Waals surface area contributed by atoms with Gasteiger partial charge in [0.25, 0.3) is 0 Å². The Kier molecular flexibility index (Phi) is 2.16. The highest BCUT2D eigenvalue weighted by molar-refractivity contribution is 6.29. The molecule has 0 fully saturated rings. The number of aromatic nitrogens is 3. The SMILES string of the molecule is CNCc1cc2nccc(Cl)n2n1. The van der Waals surface area contributed by atoms with E-state index in [0.29, 0.717) is 5.15 Å². The van der Waals surface area contributed by atoms with Crippen LogP contribution >= 0.6 is 11.6 Å². The summed E-state index contributed by atoms with van der Waals surface area (Å²) in [7, 11) is 1.87. The zero-order valence-corrected chi connectivity index (χ0v) is 7.91. The molecule has 0 radical (unpaired) electrons. The summed E-state index contributed by atoms with van der Waals surface area (Å²) in [5.74, 6) is 0. The summed E-state index contributed by atoms with van der Waals surface area (Å²) in [6, 6.07) is 3.62. The Balaban J connectivity index is 2.55. The molecule has 0 amide bonds. The van der Waals surface area contributed by atoms with Crippen molar-refractivity contribution in [2.75, 3.05) is 7.05 Å². The number of halogens is 1. The molecular weight excluding hydrogens is 188 g/mol. The van der Waals surface area contributed by atoms with Crippen LogP contribution in [0, 0.1) is 0 Å². The summed E-state index contributed by atoms with van der Waals surface area (Å²) in [6.07, 6.45) is 1.67. The van der Waals surface area contributed by atoms with E-state index in [-0.39, 0.29) is 0 Å². The molecule has 2 aromatic heterocycles. The van der Waals surface area contributed by atoms with Crippen LogP contribution in [0.1, 0.15) is 5.69 Å². The van der Waals surface area contributed by atoms with Gasteiger partial charge in [0.2, 0.25) is 0 Å². The zero-order valence-electron chi connectivity index (χ0n) is 7.16. The van der Waals surface area contributed by atoms with Crippen molar-refractivity contribution in [3.05, 3.63) is 29.2 Å². The van der Waals surface area contributed by atoms with Gasteiger partial charge in [-0.2, -0.15) is 5.10 Å². The standard InChI is InChI=1S/C8H9ClN4/c1-10-5-6-4-8-11-3-2-7(9)13(8)12-6/h2-4,10H,5H2,1H3. The van der Waals surface area contributed by atoms with Crippen molar-refractivity contribution in [2.24, 2.45) is 0 Å². The second-order valence-corrected chi connectivity index (χ2v) is 3.09. The molecule has 5 heteroatoms. The molecule has 4 nitrogen and oxygen atoms in total. The Bertz CT molecular complexity index is 423. The maximum Gasteiger partial charge on any atom is 0.156 e. The molecule has 0 spiro atoms. The molecule has 0 aliphatic rings. The summed E-state index contributed by atoms with van der Waals surface area (Å²) in [6.45, 7) is 0.722. The molecular formula is C8H9ClN4. The van der Waals surface area contributed by atoms with Crippen LogP contribution in [0.5, 0.6) is 0 Å². The van der Waals surface area contributed by atoms with E-state index in [1.54, 1.807) is 16.8 Å². The first kappa shape index (κ1) is 8.47. The summed E-state index contributed by atoms with van der Waals surface area (Å²) >= 11 is 5.91. The number of hydrogen-bond donors (Lipinski definition) is 1. The third-order valence-corrected chi connectivity index (χ3v) is 2.01. The van der Waals surface area contributed by atoms with Crippen molar-refractivity contribution in [2.45, 2.75) is 6.54 Å². The molecule has 1 N–H and O–H groups in total. The van der Waals surface area contributed by atoms with Crippen molar-refractivity contribution in [3.63, 3.8) is 0 Å². The van der Waals surface area contributed by atoms with Crippen molar-refractivity contribution >= 4 is 17.2 Å². The highest BCUT2D eigenvalue weighted by atomic mass is 35.5. The van der Waals surface area contributed by atoms with E-state index in [2.05, 4.69) is 15.4 Å². The Labute approximate surface area is 80.5 Å². The van der Waals surface area contributed by atoms with Crippen LogP contribution in [0.25, 0.3) is 5.65 Å². The smallest absolute Gasteiger partial charge is 0.156 e. The quantitative estimate of drug-likeness (QED) is 0.732.